The maximum atomic E-state index is 13.5. The molecule has 0 radical (unpaired) electrons. The molecule has 7 heteroatoms. The molecular weight excluding hydrogens is 383 g/mol. The van der Waals surface area contributed by atoms with Crippen LogP contribution in [0.25, 0.3) is 0 Å². The highest BCUT2D eigenvalue weighted by Crippen LogP contribution is 2.33. The van der Waals surface area contributed by atoms with Gasteiger partial charge in [-0.25, -0.2) is 4.39 Å². The SMILES string of the molecule is O=C1C(=O)N(C[NH+]2CCc3sccc3[C@@H]2c2cccs2)c2ccc(F)cc21. The van der Waals surface area contributed by atoms with Crippen LogP contribution in [0.1, 0.15) is 31.7 Å². The van der Waals surface area contributed by atoms with Gasteiger partial charge in [0.1, 0.15) is 5.82 Å². The fraction of sp³-hybridized carbons (Fsp3) is 0.200. The molecule has 136 valence electrons. The van der Waals surface area contributed by atoms with Crippen molar-refractivity contribution in [3.8, 4) is 0 Å². The second-order valence-corrected chi connectivity index (χ2v) is 8.77. The number of nitrogens with one attached hydrogen (secondary N) is 1. The summed E-state index contributed by atoms with van der Waals surface area (Å²) >= 11 is 3.49. The van der Waals surface area contributed by atoms with Crippen molar-refractivity contribution in [3.63, 3.8) is 0 Å². The minimum atomic E-state index is -0.621. The lowest BCUT2D eigenvalue weighted by Crippen LogP contribution is -3.15. The minimum absolute atomic E-state index is 0.146. The highest BCUT2D eigenvalue weighted by Gasteiger charge is 2.41. The van der Waals surface area contributed by atoms with Crippen molar-refractivity contribution in [3.05, 3.63) is 73.9 Å². The summed E-state index contributed by atoms with van der Waals surface area (Å²) in [6.45, 7) is 1.27. The van der Waals surface area contributed by atoms with E-state index in [1.807, 2.05) is 6.07 Å². The number of hydrogen-bond donors (Lipinski definition) is 1. The zero-order valence-electron chi connectivity index (χ0n) is 14.3. The molecule has 5 rings (SSSR count). The summed E-state index contributed by atoms with van der Waals surface area (Å²) in [6, 6.07) is 10.5. The van der Waals surface area contributed by atoms with Crippen LogP contribution in [0.5, 0.6) is 0 Å². The van der Waals surface area contributed by atoms with E-state index in [-0.39, 0.29) is 11.6 Å². The van der Waals surface area contributed by atoms with Crippen LogP contribution in [0, 0.1) is 5.82 Å². The summed E-state index contributed by atoms with van der Waals surface area (Å²) in [5.41, 5.74) is 1.99. The topological polar surface area (TPSA) is 41.8 Å². The number of carbonyl (C=O) groups is 2. The smallest absolute Gasteiger partial charge is 0.303 e. The maximum Gasteiger partial charge on any atom is 0.303 e. The number of ketones is 1. The Balaban J connectivity index is 1.52. The lowest BCUT2D eigenvalue weighted by Gasteiger charge is -2.34. The van der Waals surface area contributed by atoms with Crippen molar-refractivity contribution in [2.75, 3.05) is 18.1 Å². The predicted octanol–water partition coefficient (Wildman–Crippen LogP) is 2.67. The fourth-order valence-electron chi connectivity index (χ4n) is 4.06. The quantitative estimate of drug-likeness (QED) is 0.688. The second kappa shape index (κ2) is 6.37. The first kappa shape index (κ1) is 16.8. The molecule has 0 spiro atoms. The van der Waals surface area contributed by atoms with Gasteiger partial charge in [0, 0.05) is 16.9 Å². The fourth-order valence-corrected chi connectivity index (χ4v) is 5.88. The third kappa shape index (κ3) is 2.65. The number of quaternary nitrogens is 1. The van der Waals surface area contributed by atoms with Gasteiger partial charge in [0.25, 0.3) is 5.78 Å². The van der Waals surface area contributed by atoms with Gasteiger partial charge in [-0.2, -0.15) is 0 Å². The number of carbonyl (C=O) groups excluding carboxylic acids is 2. The minimum Gasteiger partial charge on any atom is -0.306 e. The summed E-state index contributed by atoms with van der Waals surface area (Å²) in [6.07, 6.45) is 0.955. The first-order valence-electron chi connectivity index (χ1n) is 8.73. The van der Waals surface area contributed by atoms with Crippen molar-refractivity contribution >= 4 is 40.1 Å². The van der Waals surface area contributed by atoms with E-state index in [0.717, 1.165) is 19.0 Å². The molecule has 0 saturated heterocycles. The number of anilines is 1. The zero-order chi connectivity index (χ0) is 18.5. The number of thiophene rings is 2. The molecule has 1 unspecified atom stereocenters. The average Bonchev–Trinajstić information content (AvgIpc) is 3.39. The van der Waals surface area contributed by atoms with Crippen LogP contribution in [0.3, 0.4) is 0 Å². The molecule has 0 aliphatic carbocycles. The van der Waals surface area contributed by atoms with Crippen molar-refractivity contribution in [1.82, 2.24) is 0 Å². The van der Waals surface area contributed by atoms with E-state index in [0.29, 0.717) is 12.4 Å². The van der Waals surface area contributed by atoms with Crippen LogP contribution < -0.4 is 9.80 Å². The van der Waals surface area contributed by atoms with E-state index < -0.39 is 17.5 Å². The predicted molar refractivity (Wildman–Crippen MR) is 103 cm³/mol. The van der Waals surface area contributed by atoms with Gasteiger partial charge in [0.2, 0.25) is 0 Å². The van der Waals surface area contributed by atoms with Gasteiger partial charge in [-0.15, -0.1) is 22.7 Å². The average molecular weight is 399 g/mol. The molecule has 2 atom stereocenters. The lowest BCUT2D eigenvalue weighted by molar-refractivity contribution is -0.926. The number of Topliss-reactive ketones (excluding diaryl/α,β-unsaturated/α-hetero) is 1. The Morgan fingerprint density at radius 2 is 2.04 bits per heavy atom. The van der Waals surface area contributed by atoms with E-state index in [9.17, 15) is 14.0 Å². The molecule has 3 aromatic rings. The van der Waals surface area contributed by atoms with Crippen LogP contribution in [-0.2, 0) is 11.2 Å². The summed E-state index contributed by atoms with van der Waals surface area (Å²) in [4.78, 5) is 30.3. The molecule has 2 aliphatic rings. The largest absolute Gasteiger partial charge is 0.306 e. The number of rotatable bonds is 3. The molecule has 2 aliphatic heterocycles. The highest BCUT2D eigenvalue weighted by atomic mass is 32.1. The molecule has 0 bridgehead atoms. The summed E-state index contributed by atoms with van der Waals surface area (Å²) < 4.78 is 13.5. The number of fused-ring (bicyclic) bond motifs is 2. The maximum absolute atomic E-state index is 13.5. The van der Waals surface area contributed by atoms with Gasteiger partial charge in [-0.3, -0.25) is 14.5 Å². The molecule has 0 saturated carbocycles. The zero-order valence-corrected chi connectivity index (χ0v) is 15.9. The molecule has 4 nitrogen and oxygen atoms in total. The van der Waals surface area contributed by atoms with Crippen LogP contribution in [0.15, 0.2) is 47.2 Å². The monoisotopic (exact) mass is 399 g/mol. The Morgan fingerprint density at radius 3 is 2.85 bits per heavy atom. The molecule has 1 amide bonds. The first-order chi connectivity index (χ1) is 13.1. The number of hydrogen-bond acceptors (Lipinski definition) is 4. The van der Waals surface area contributed by atoms with Gasteiger partial charge < -0.3 is 4.90 Å². The van der Waals surface area contributed by atoms with E-state index >= 15 is 0 Å². The standard InChI is InChI=1S/C20H15FN2O2S2/c21-12-3-4-15-14(10-12)19(24)20(25)23(15)11-22-7-5-16-13(6-9-27-16)18(22)17-2-1-8-26-17/h1-4,6,8-10,18H,5,7,11H2/p+1/t18-/m1/s1. The molecule has 2 aromatic heterocycles. The number of halogens is 1. The summed E-state index contributed by atoms with van der Waals surface area (Å²) in [7, 11) is 0. The molecule has 27 heavy (non-hydrogen) atoms. The van der Waals surface area contributed by atoms with Gasteiger partial charge in [-0.1, -0.05) is 6.07 Å². The van der Waals surface area contributed by atoms with Crippen molar-refractivity contribution in [1.29, 1.82) is 0 Å². The highest BCUT2D eigenvalue weighted by molar-refractivity contribution is 7.10. The molecular formula is C20H16FN2O2S2+. The van der Waals surface area contributed by atoms with E-state index in [1.165, 1.54) is 37.3 Å². The van der Waals surface area contributed by atoms with Crippen LogP contribution in [0.2, 0.25) is 0 Å². The normalized spacial score (nSPS) is 21.4. The molecule has 1 aromatic carbocycles. The van der Waals surface area contributed by atoms with Gasteiger partial charge in [0.15, 0.2) is 12.7 Å². The Morgan fingerprint density at radius 1 is 1.15 bits per heavy atom. The number of amides is 1. The van der Waals surface area contributed by atoms with E-state index in [4.69, 9.17) is 0 Å². The van der Waals surface area contributed by atoms with Crippen molar-refractivity contribution in [2.45, 2.75) is 12.5 Å². The Bertz CT molecular complexity index is 1040. The van der Waals surface area contributed by atoms with E-state index in [1.54, 1.807) is 22.7 Å². The second-order valence-electron chi connectivity index (χ2n) is 6.79. The molecule has 4 heterocycles. The van der Waals surface area contributed by atoms with Crippen LogP contribution in [0.4, 0.5) is 10.1 Å². The molecule has 1 N–H and O–H groups in total. The van der Waals surface area contributed by atoms with Gasteiger partial charge in [0.05, 0.1) is 22.7 Å². The van der Waals surface area contributed by atoms with E-state index in [2.05, 4.69) is 22.9 Å². The third-order valence-electron chi connectivity index (χ3n) is 5.29. The molecule has 0 fully saturated rings. The van der Waals surface area contributed by atoms with Crippen molar-refractivity contribution in [2.24, 2.45) is 0 Å². The third-order valence-corrected chi connectivity index (χ3v) is 7.23. The first-order valence-corrected chi connectivity index (χ1v) is 10.5. The summed E-state index contributed by atoms with van der Waals surface area (Å²) in [5, 5.41) is 4.19. The summed E-state index contributed by atoms with van der Waals surface area (Å²) in [5.74, 6) is -1.68. The number of benzene rings is 1. The van der Waals surface area contributed by atoms with Gasteiger partial charge in [-0.05, 0) is 41.1 Å². The Kier molecular flexibility index (Phi) is 3.96. The number of nitrogens with zero attached hydrogens (tertiary/aromatic N) is 1. The van der Waals surface area contributed by atoms with Crippen LogP contribution in [-0.4, -0.2) is 24.9 Å². The van der Waals surface area contributed by atoms with Crippen LogP contribution >= 0.6 is 22.7 Å². The lowest BCUT2D eigenvalue weighted by atomic mass is 9.99. The Labute approximate surface area is 163 Å². The van der Waals surface area contributed by atoms with Gasteiger partial charge >= 0.3 is 5.91 Å². The van der Waals surface area contributed by atoms with Crippen molar-refractivity contribution < 1.29 is 18.9 Å². The Hall–Kier alpha value is -2.35.